The highest BCUT2D eigenvalue weighted by Crippen LogP contribution is 2.21. The van der Waals surface area contributed by atoms with Gasteiger partial charge in [-0.25, -0.2) is 9.37 Å². The van der Waals surface area contributed by atoms with E-state index in [0.29, 0.717) is 12.3 Å². The van der Waals surface area contributed by atoms with Gasteiger partial charge >= 0.3 is 0 Å². The summed E-state index contributed by atoms with van der Waals surface area (Å²) in [7, 11) is -4.09. The molecular weight excluding hydrogens is 303 g/mol. The molecule has 0 aliphatic carbocycles. The Bertz CT molecular complexity index is 700. The molecule has 0 saturated heterocycles. The van der Waals surface area contributed by atoms with Crippen molar-refractivity contribution < 1.29 is 12.8 Å². The summed E-state index contributed by atoms with van der Waals surface area (Å²) in [4.78, 5) is 3.53. The van der Waals surface area contributed by atoms with Gasteiger partial charge in [-0.1, -0.05) is 25.2 Å². The van der Waals surface area contributed by atoms with Crippen LogP contribution in [0.5, 0.6) is 0 Å². The van der Waals surface area contributed by atoms with Gasteiger partial charge in [0.1, 0.15) is 5.01 Å². The molecule has 1 N–H and O–H groups in total. The number of hydrogen-bond donors (Lipinski definition) is 1. The summed E-state index contributed by atoms with van der Waals surface area (Å²) in [6.07, 6.45) is 1.92. The molecule has 9 heteroatoms. The Labute approximate surface area is 120 Å². The van der Waals surface area contributed by atoms with E-state index in [1.54, 1.807) is 0 Å². The molecule has 0 aromatic carbocycles. The molecule has 6 nitrogen and oxygen atoms in total. The lowest BCUT2D eigenvalue weighted by atomic mass is 10.1. The van der Waals surface area contributed by atoms with Crippen LogP contribution in [0.15, 0.2) is 23.4 Å². The number of sulfonamides is 1. The second-order valence-corrected chi connectivity index (χ2v) is 7.15. The lowest BCUT2D eigenvalue weighted by Gasteiger charge is -2.04. The molecule has 0 aliphatic heterocycles. The van der Waals surface area contributed by atoms with Gasteiger partial charge in [-0.3, -0.25) is 4.72 Å². The van der Waals surface area contributed by atoms with Crippen molar-refractivity contribution in [2.45, 2.75) is 25.3 Å². The van der Waals surface area contributed by atoms with Crippen LogP contribution in [0.25, 0.3) is 0 Å². The average molecular weight is 316 g/mol. The normalized spacial score (nSPS) is 11.8. The minimum Gasteiger partial charge on any atom is -0.252 e. The Morgan fingerprint density at radius 2 is 2.15 bits per heavy atom. The lowest BCUT2D eigenvalue weighted by molar-refractivity contribution is 0.556. The lowest BCUT2D eigenvalue weighted by Crippen LogP contribution is -2.16. The fraction of sp³-hybridized carbons (Fsp3) is 0.364. The largest absolute Gasteiger partial charge is 0.284 e. The summed E-state index contributed by atoms with van der Waals surface area (Å²) in [6.45, 7) is 4.04. The van der Waals surface area contributed by atoms with Crippen molar-refractivity contribution >= 4 is 26.5 Å². The summed E-state index contributed by atoms with van der Waals surface area (Å²) in [5.74, 6) is -0.521. The van der Waals surface area contributed by atoms with Crippen LogP contribution in [0, 0.1) is 11.7 Å². The van der Waals surface area contributed by atoms with Gasteiger partial charge in [0.2, 0.25) is 10.2 Å². The van der Waals surface area contributed by atoms with E-state index in [9.17, 15) is 12.8 Å². The van der Waals surface area contributed by atoms with Crippen molar-refractivity contribution in [3.8, 4) is 0 Å². The van der Waals surface area contributed by atoms with E-state index >= 15 is 0 Å². The van der Waals surface area contributed by atoms with Crippen molar-refractivity contribution in [1.29, 1.82) is 0 Å². The standard InChI is InChI=1S/C11H13FN4O2S2/c1-7(2)6-9-14-15-11(19-9)16-20(17,18)10-8(12)4-3-5-13-10/h3-5,7H,6H2,1-2H3,(H,15,16). The monoisotopic (exact) mass is 316 g/mol. The summed E-state index contributed by atoms with van der Waals surface area (Å²) in [6, 6.07) is 2.35. The molecule has 0 aliphatic rings. The maximum absolute atomic E-state index is 13.5. The van der Waals surface area contributed by atoms with Gasteiger partial charge in [0.15, 0.2) is 5.82 Å². The van der Waals surface area contributed by atoms with Crippen molar-refractivity contribution in [3.05, 3.63) is 29.2 Å². The van der Waals surface area contributed by atoms with Gasteiger partial charge in [-0.05, 0) is 18.1 Å². The molecule has 0 spiro atoms. The van der Waals surface area contributed by atoms with Gasteiger partial charge in [-0.15, -0.1) is 10.2 Å². The molecule has 0 radical (unpaired) electrons. The van der Waals surface area contributed by atoms with Crippen molar-refractivity contribution in [2.75, 3.05) is 4.72 Å². The Hall–Kier alpha value is -1.61. The predicted molar refractivity (Wildman–Crippen MR) is 73.5 cm³/mol. The van der Waals surface area contributed by atoms with E-state index < -0.39 is 20.9 Å². The number of nitrogens with one attached hydrogen (secondary N) is 1. The SMILES string of the molecule is CC(C)Cc1nnc(NS(=O)(=O)c2ncccc2F)s1. The predicted octanol–water partition coefficient (Wildman–Crippen LogP) is 2.07. The fourth-order valence-corrected chi connectivity index (χ4v) is 3.65. The average Bonchev–Trinajstić information content (AvgIpc) is 2.75. The molecule has 2 aromatic heterocycles. The molecule has 20 heavy (non-hydrogen) atoms. The van der Waals surface area contributed by atoms with Crippen LogP contribution in [-0.2, 0) is 16.4 Å². The Kier molecular flexibility index (Phi) is 4.29. The summed E-state index contributed by atoms with van der Waals surface area (Å²) in [5, 5.41) is 7.79. The van der Waals surface area contributed by atoms with Gasteiger partial charge in [-0.2, -0.15) is 8.42 Å². The first-order chi connectivity index (χ1) is 9.38. The number of rotatable bonds is 5. The highest BCUT2D eigenvalue weighted by atomic mass is 32.2. The molecular formula is C11H13FN4O2S2. The van der Waals surface area contributed by atoms with Crippen LogP contribution in [0.1, 0.15) is 18.9 Å². The number of halogens is 1. The molecule has 108 valence electrons. The first-order valence-electron chi connectivity index (χ1n) is 5.84. The minimum absolute atomic E-state index is 0.103. The number of anilines is 1. The molecule has 0 amide bonds. The summed E-state index contributed by atoms with van der Waals surface area (Å²) < 4.78 is 39.6. The molecule has 0 saturated carbocycles. The first-order valence-corrected chi connectivity index (χ1v) is 8.14. The van der Waals surface area contributed by atoms with Crippen LogP contribution in [0.4, 0.5) is 9.52 Å². The molecule has 0 atom stereocenters. The zero-order chi connectivity index (χ0) is 14.8. The molecule has 2 heterocycles. The van der Waals surface area contributed by atoms with Crippen molar-refractivity contribution in [3.63, 3.8) is 0 Å². The minimum atomic E-state index is -4.09. The van der Waals surface area contributed by atoms with Gasteiger partial charge in [0.25, 0.3) is 10.0 Å². The smallest absolute Gasteiger partial charge is 0.252 e. The zero-order valence-electron chi connectivity index (χ0n) is 10.9. The first kappa shape index (κ1) is 14.8. The van der Waals surface area contributed by atoms with Crippen molar-refractivity contribution in [1.82, 2.24) is 15.2 Å². The Morgan fingerprint density at radius 3 is 2.80 bits per heavy atom. The summed E-state index contributed by atoms with van der Waals surface area (Å²) in [5.41, 5.74) is 0. The van der Waals surface area contributed by atoms with Crippen LogP contribution in [-0.4, -0.2) is 23.6 Å². The van der Waals surface area contributed by atoms with Crippen LogP contribution >= 0.6 is 11.3 Å². The third kappa shape index (κ3) is 3.48. The number of pyridine rings is 1. The maximum atomic E-state index is 13.5. The van der Waals surface area contributed by atoms with Crippen LogP contribution < -0.4 is 4.72 Å². The van der Waals surface area contributed by atoms with E-state index in [1.807, 2.05) is 13.8 Å². The molecule has 0 unspecified atom stereocenters. The van der Waals surface area contributed by atoms with E-state index in [4.69, 9.17) is 0 Å². The number of aromatic nitrogens is 3. The molecule has 2 rings (SSSR count). The van der Waals surface area contributed by atoms with E-state index in [0.717, 1.165) is 22.4 Å². The second kappa shape index (κ2) is 5.80. The number of nitrogens with zero attached hydrogens (tertiary/aromatic N) is 3. The van der Waals surface area contributed by atoms with Crippen molar-refractivity contribution in [2.24, 2.45) is 5.92 Å². The van der Waals surface area contributed by atoms with Crippen LogP contribution in [0.3, 0.4) is 0 Å². The summed E-state index contributed by atoms with van der Waals surface area (Å²) >= 11 is 1.13. The highest BCUT2D eigenvalue weighted by molar-refractivity contribution is 7.92. The fourth-order valence-electron chi connectivity index (χ4n) is 1.46. The third-order valence-electron chi connectivity index (χ3n) is 2.25. The van der Waals surface area contributed by atoms with E-state index in [-0.39, 0.29) is 5.13 Å². The van der Waals surface area contributed by atoms with Gasteiger partial charge in [0, 0.05) is 12.6 Å². The van der Waals surface area contributed by atoms with Gasteiger partial charge < -0.3 is 0 Å². The quantitative estimate of drug-likeness (QED) is 0.913. The maximum Gasteiger partial charge on any atom is 0.284 e. The van der Waals surface area contributed by atoms with Gasteiger partial charge in [0.05, 0.1) is 0 Å². The Morgan fingerprint density at radius 1 is 1.40 bits per heavy atom. The molecule has 0 bridgehead atoms. The third-order valence-corrected chi connectivity index (χ3v) is 4.51. The Balaban J connectivity index is 2.21. The van der Waals surface area contributed by atoms with E-state index in [1.165, 1.54) is 12.3 Å². The zero-order valence-corrected chi connectivity index (χ0v) is 12.5. The topological polar surface area (TPSA) is 84.8 Å². The number of hydrogen-bond acceptors (Lipinski definition) is 6. The second-order valence-electron chi connectivity index (χ2n) is 4.49. The molecule has 2 aromatic rings. The van der Waals surface area contributed by atoms with Crippen LogP contribution in [0.2, 0.25) is 0 Å². The van der Waals surface area contributed by atoms with E-state index in [2.05, 4.69) is 19.9 Å². The molecule has 0 fully saturated rings. The highest BCUT2D eigenvalue weighted by Gasteiger charge is 2.22.